The molecule has 0 bridgehead atoms. The molecule has 3 heteroatoms. The number of hydrogen-bond donors (Lipinski definition) is 1. The minimum absolute atomic E-state index is 0.110. The van der Waals surface area contributed by atoms with E-state index in [2.05, 4.69) is 36.5 Å². The largest absolute Gasteiger partial charge is 0.493 e. The summed E-state index contributed by atoms with van der Waals surface area (Å²) in [6, 6.07) is 21.7. The summed E-state index contributed by atoms with van der Waals surface area (Å²) in [5.41, 5.74) is 6.08. The van der Waals surface area contributed by atoms with Crippen LogP contribution >= 0.6 is 0 Å². The molecule has 0 unspecified atom stereocenters. The topological polar surface area (TPSA) is 38.3 Å². The minimum atomic E-state index is -0.110. The maximum Gasteiger partial charge on any atom is 0.255 e. The van der Waals surface area contributed by atoms with E-state index in [-0.39, 0.29) is 5.91 Å². The van der Waals surface area contributed by atoms with E-state index < -0.39 is 0 Å². The SMILES string of the molecule is Cc1cc(C)c(NC(=O)c2ccc(OCCc3ccccc3)cc2)c(C)c1. The first-order valence-electron chi connectivity index (χ1n) is 9.19. The van der Waals surface area contributed by atoms with Crippen LogP contribution in [0.25, 0.3) is 0 Å². The van der Waals surface area contributed by atoms with Gasteiger partial charge in [0, 0.05) is 17.7 Å². The Morgan fingerprint density at radius 2 is 1.52 bits per heavy atom. The lowest BCUT2D eigenvalue weighted by atomic mass is 10.0. The zero-order valence-corrected chi connectivity index (χ0v) is 16.1. The molecular formula is C24H25NO2. The van der Waals surface area contributed by atoms with Crippen LogP contribution in [-0.2, 0) is 6.42 Å². The van der Waals surface area contributed by atoms with Crippen LogP contribution in [0.1, 0.15) is 32.6 Å². The highest BCUT2D eigenvalue weighted by molar-refractivity contribution is 6.05. The number of anilines is 1. The van der Waals surface area contributed by atoms with Crippen molar-refractivity contribution >= 4 is 11.6 Å². The van der Waals surface area contributed by atoms with Crippen LogP contribution < -0.4 is 10.1 Å². The number of aryl methyl sites for hydroxylation is 3. The van der Waals surface area contributed by atoms with E-state index >= 15 is 0 Å². The van der Waals surface area contributed by atoms with Crippen molar-refractivity contribution in [2.75, 3.05) is 11.9 Å². The lowest BCUT2D eigenvalue weighted by Gasteiger charge is -2.13. The van der Waals surface area contributed by atoms with Crippen molar-refractivity contribution in [3.63, 3.8) is 0 Å². The standard InChI is InChI=1S/C24H25NO2/c1-17-15-18(2)23(19(3)16-17)25-24(26)21-9-11-22(12-10-21)27-14-13-20-7-5-4-6-8-20/h4-12,15-16H,13-14H2,1-3H3,(H,25,26). The number of rotatable bonds is 6. The van der Waals surface area contributed by atoms with Gasteiger partial charge in [-0.05, 0) is 61.7 Å². The van der Waals surface area contributed by atoms with Crippen molar-refractivity contribution in [1.82, 2.24) is 0 Å². The smallest absolute Gasteiger partial charge is 0.255 e. The van der Waals surface area contributed by atoms with E-state index in [4.69, 9.17) is 4.74 Å². The Labute approximate surface area is 161 Å². The van der Waals surface area contributed by atoms with Crippen molar-refractivity contribution in [3.8, 4) is 5.75 Å². The van der Waals surface area contributed by atoms with Crippen molar-refractivity contribution in [3.05, 3.63) is 94.5 Å². The number of carbonyl (C=O) groups is 1. The predicted molar refractivity (Wildman–Crippen MR) is 111 cm³/mol. The molecule has 0 aliphatic rings. The molecule has 1 amide bonds. The fraction of sp³-hybridized carbons (Fsp3) is 0.208. The fourth-order valence-electron chi connectivity index (χ4n) is 3.20. The summed E-state index contributed by atoms with van der Waals surface area (Å²) in [6.45, 7) is 6.69. The molecule has 138 valence electrons. The quantitative estimate of drug-likeness (QED) is 0.632. The summed E-state index contributed by atoms with van der Waals surface area (Å²) in [5, 5.41) is 3.03. The number of hydrogen-bond acceptors (Lipinski definition) is 2. The molecule has 0 saturated carbocycles. The molecule has 3 aromatic rings. The van der Waals surface area contributed by atoms with Crippen LogP contribution in [0.4, 0.5) is 5.69 Å². The van der Waals surface area contributed by atoms with Gasteiger partial charge in [0.15, 0.2) is 0 Å². The second-order valence-electron chi connectivity index (χ2n) is 6.84. The van der Waals surface area contributed by atoms with Gasteiger partial charge in [-0.3, -0.25) is 4.79 Å². The van der Waals surface area contributed by atoms with E-state index in [1.165, 1.54) is 11.1 Å². The van der Waals surface area contributed by atoms with Crippen molar-refractivity contribution in [2.45, 2.75) is 27.2 Å². The van der Waals surface area contributed by atoms with Gasteiger partial charge in [-0.1, -0.05) is 48.0 Å². The normalized spacial score (nSPS) is 10.5. The van der Waals surface area contributed by atoms with Gasteiger partial charge in [-0.25, -0.2) is 0 Å². The van der Waals surface area contributed by atoms with Crippen LogP contribution in [0.2, 0.25) is 0 Å². The summed E-state index contributed by atoms with van der Waals surface area (Å²) in [5.74, 6) is 0.658. The predicted octanol–water partition coefficient (Wildman–Crippen LogP) is 5.49. The van der Waals surface area contributed by atoms with Crippen LogP contribution in [0.3, 0.4) is 0 Å². The molecule has 3 aromatic carbocycles. The average Bonchev–Trinajstić information content (AvgIpc) is 2.66. The Hall–Kier alpha value is -3.07. The fourth-order valence-corrected chi connectivity index (χ4v) is 3.20. The van der Waals surface area contributed by atoms with Crippen molar-refractivity contribution in [1.29, 1.82) is 0 Å². The highest BCUT2D eigenvalue weighted by Gasteiger charge is 2.10. The van der Waals surface area contributed by atoms with E-state index in [9.17, 15) is 4.79 Å². The van der Waals surface area contributed by atoms with Gasteiger partial charge in [0.05, 0.1) is 6.61 Å². The molecule has 0 aliphatic carbocycles. The highest BCUT2D eigenvalue weighted by Crippen LogP contribution is 2.23. The maximum absolute atomic E-state index is 12.6. The van der Waals surface area contributed by atoms with Gasteiger partial charge in [0.25, 0.3) is 5.91 Å². The summed E-state index contributed by atoms with van der Waals surface area (Å²) < 4.78 is 5.78. The lowest BCUT2D eigenvalue weighted by Crippen LogP contribution is -2.14. The van der Waals surface area contributed by atoms with Crippen LogP contribution in [0.15, 0.2) is 66.7 Å². The second-order valence-corrected chi connectivity index (χ2v) is 6.84. The van der Waals surface area contributed by atoms with Crippen LogP contribution in [0.5, 0.6) is 5.75 Å². The van der Waals surface area contributed by atoms with Gasteiger partial charge in [-0.15, -0.1) is 0 Å². The number of nitrogens with one attached hydrogen (secondary N) is 1. The molecule has 27 heavy (non-hydrogen) atoms. The molecule has 0 atom stereocenters. The molecule has 3 nitrogen and oxygen atoms in total. The summed E-state index contributed by atoms with van der Waals surface area (Å²) in [4.78, 5) is 12.6. The second kappa shape index (κ2) is 8.54. The van der Waals surface area contributed by atoms with Crippen LogP contribution in [0, 0.1) is 20.8 Å². The Morgan fingerprint density at radius 1 is 0.889 bits per heavy atom. The van der Waals surface area contributed by atoms with Gasteiger partial charge in [0.2, 0.25) is 0 Å². The zero-order valence-electron chi connectivity index (χ0n) is 16.1. The van der Waals surface area contributed by atoms with Gasteiger partial charge in [-0.2, -0.15) is 0 Å². The monoisotopic (exact) mass is 359 g/mol. The first kappa shape index (κ1) is 18.7. The number of ether oxygens (including phenoxy) is 1. The minimum Gasteiger partial charge on any atom is -0.493 e. The lowest BCUT2D eigenvalue weighted by molar-refractivity contribution is 0.102. The summed E-state index contributed by atoms with van der Waals surface area (Å²) in [7, 11) is 0. The van der Waals surface area contributed by atoms with E-state index in [0.717, 1.165) is 29.0 Å². The number of carbonyl (C=O) groups excluding carboxylic acids is 1. The van der Waals surface area contributed by atoms with E-state index in [1.807, 2.05) is 44.2 Å². The van der Waals surface area contributed by atoms with Gasteiger partial charge in [0.1, 0.15) is 5.75 Å². The summed E-state index contributed by atoms with van der Waals surface area (Å²) in [6.07, 6.45) is 0.856. The van der Waals surface area contributed by atoms with Gasteiger partial charge < -0.3 is 10.1 Å². The highest BCUT2D eigenvalue weighted by atomic mass is 16.5. The molecule has 0 heterocycles. The first-order chi connectivity index (χ1) is 13.0. The third-order valence-electron chi connectivity index (χ3n) is 4.53. The number of benzene rings is 3. The molecule has 3 rings (SSSR count). The number of amides is 1. The first-order valence-corrected chi connectivity index (χ1v) is 9.19. The van der Waals surface area contributed by atoms with Crippen LogP contribution in [-0.4, -0.2) is 12.5 Å². The Bertz CT molecular complexity index is 892. The van der Waals surface area contributed by atoms with Crippen molar-refractivity contribution in [2.24, 2.45) is 0 Å². The Morgan fingerprint density at radius 3 is 2.15 bits per heavy atom. The molecule has 0 saturated heterocycles. The third-order valence-corrected chi connectivity index (χ3v) is 4.53. The molecule has 1 N–H and O–H groups in total. The molecule has 0 aromatic heterocycles. The molecular weight excluding hydrogens is 334 g/mol. The third kappa shape index (κ3) is 4.98. The Balaban J connectivity index is 1.59. The zero-order chi connectivity index (χ0) is 19.2. The molecule has 0 radical (unpaired) electrons. The maximum atomic E-state index is 12.6. The summed E-state index contributed by atoms with van der Waals surface area (Å²) >= 11 is 0. The van der Waals surface area contributed by atoms with Gasteiger partial charge >= 0.3 is 0 Å². The average molecular weight is 359 g/mol. The molecule has 0 fully saturated rings. The Kier molecular flexibility index (Phi) is 5.92. The van der Waals surface area contributed by atoms with E-state index in [1.54, 1.807) is 12.1 Å². The molecule has 0 aliphatic heterocycles. The molecule has 0 spiro atoms. The van der Waals surface area contributed by atoms with E-state index in [0.29, 0.717) is 12.2 Å². The van der Waals surface area contributed by atoms with Crippen molar-refractivity contribution < 1.29 is 9.53 Å².